The van der Waals surface area contributed by atoms with Crippen LogP contribution in [0.4, 0.5) is 18.9 Å². The van der Waals surface area contributed by atoms with Gasteiger partial charge >= 0.3 is 6.18 Å². The fraction of sp³-hybridized carbons (Fsp3) is 0.300. The van der Waals surface area contributed by atoms with Gasteiger partial charge in [-0.25, -0.2) is 5.43 Å². The Hall–Kier alpha value is -1.16. The first-order valence-electron chi connectivity index (χ1n) is 4.78. The van der Waals surface area contributed by atoms with E-state index in [1.165, 1.54) is 0 Å². The summed E-state index contributed by atoms with van der Waals surface area (Å²) >= 11 is 11.4. The number of hydrogen-bond donors (Lipinski definition) is 2. The lowest BCUT2D eigenvalue weighted by Gasteiger charge is -2.14. The van der Waals surface area contributed by atoms with Crippen molar-refractivity contribution in [3.05, 3.63) is 27.7 Å². The molecule has 8 heteroatoms. The lowest BCUT2D eigenvalue weighted by atomic mass is 10.2. The second kappa shape index (κ2) is 6.14. The lowest BCUT2D eigenvalue weighted by molar-refractivity contribution is -0.137. The van der Waals surface area contributed by atoms with E-state index in [2.05, 4.69) is 10.9 Å². The molecule has 1 rings (SSSR count). The molecule has 0 atom stereocenters. The normalized spacial score (nSPS) is 11.1. The number of hydrazine groups is 1. The number of alkyl halides is 3. The Morgan fingerprint density at radius 1 is 1.22 bits per heavy atom. The maximum Gasteiger partial charge on any atom is 0.416 e. The van der Waals surface area contributed by atoms with Crippen molar-refractivity contribution < 1.29 is 13.2 Å². The van der Waals surface area contributed by atoms with E-state index < -0.39 is 11.7 Å². The van der Waals surface area contributed by atoms with Crippen LogP contribution in [0.2, 0.25) is 10.0 Å². The zero-order valence-electron chi connectivity index (χ0n) is 8.91. The molecular weight excluding hydrogens is 290 g/mol. The minimum absolute atomic E-state index is 0.143. The van der Waals surface area contributed by atoms with E-state index in [4.69, 9.17) is 28.5 Å². The molecule has 0 aromatic heterocycles. The molecule has 2 N–H and O–H groups in total. The molecule has 0 bridgehead atoms. The summed E-state index contributed by atoms with van der Waals surface area (Å²) in [4.78, 5) is 0. The zero-order valence-corrected chi connectivity index (χ0v) is 10.4. The predicted molar refractivity (Wildman–Crippen MR) is 63.3 cm³/mol. The third-order valence-corrected chi connectivity index (χ3v) is 2.54. The molecule has 0 aliphatic rings. The van der Waals surface area contributed by atoms with Crippen molar-refractivity contribution in [2.24, 2.45) is 0 Å². The first kappa shape index (κ1) is 14.9. The molecule has 0 heterocycles. The van der Waals surface area contributed by atoms with Crippen molar-refractivity contribution in [3.63, 3.8) is 0 Å². The molecule has 3 nitrogen and oxygen atoms in total. The molecule has 0 saturated heterocycles. The molecule has 0 aliphatic heterocycles. The number of anilines is 1. The summed E-state index contributed by atoms with van der Waals surface area (Å²) in [6.07, 6.45) is -4.26. The van der Waals surface area contributed by atoms with Crippen LogP contribution in [0.3, 0.4) is 0 Å². The fourth-order valence-corrected chi connectivity index (χ4v) is 1.71. The largest absolute Gasteiger partial charge is 0.416 e. The van der Waals surface area contributed by atoms with Gasteiger partial charge in [-0.1, -0.05) is 23.2 Å². The standard InChI is InChI=1S/C10H8Cl2F3N3/c11-7-4-6(10(13,14)15)5-8(12)9(7)18-17-3-1-2-16/h4-5,17-18H,1,3H2. The molecule has 0 saturated carbocycles. The molecule has 0 amide bonds. The maximum absolute atomic E-state index is 12.4. The summed E-state index contributed by atoms with van der Waals surface area (Å²) in [5, 5.41) is 8.00. The number of rotatable bonds is 4. The topological polar surface area (TPSA) is 47.9 Å². The van der Waals surface area contributed by atoms with Crippen molar-refractivity contribution >= 4 is 28.9 Å². The molecule has 1 aromatic carbocycles. The SMILES string of the molecule is N#CCCNNc1c(Cl)cc(C(F)(F)F)cc1Cl. The van der Waals surface area contributed by atoms with Gasteiger partial charge in [0.2, 0.25) is 0 Å². The molecule has 98 valence electrons. The van der Waals surface area contributed by atoms with Crippen LogP contribution >= 0.6 is 23.2 Å². The van der Waals surface area contributed by atoms with Gasteiger partial charge in [0.15, 0.2) is 0 Å². The Bertz CT molecular complexity index is 445. The Kier molecular flexibility index (Phi) is 5.08. The number of nitriles is 1. The number of benzene rings is 1. The number of nitrogens with zero attached hydrogens (tertiary/aromatic N) is 1. The second-order valence-corrected chi connectivity index (χ2v) is 4.09. The third kappa shape index (κ3) is 3.95. The van der Waals surface area contributed by atoms with Crippen LogP contribution in [0.1, 0.15) is 12.0 Å². The minimum atomic E-state index is -4.50. The molecule has 18 heavy (non-hydrogen) atoms. The molecule has 0 aliphatic carbocycles. The highest BCUT2D eigenvalue weighted by Crippen LogP contribution is 2.38. The first-order valence-corrected chi connectivity index (χ1v) is 5.54. The number of nitrogens with one attached hydrogen (secondary N) is 2. The maximum atomic E-state index is 12.4. The lowest BCUT2D eigenvalue weighted by Crippen LogP contribution is -2.23. The van der Waals surface area contributed by atoms with Crippen molar-refractivity contribution in [3.8, 4) is 6.07 Å². The van der Waals surface area contributed by atoms with Crippen molar-refractivity contribution in [1.29, 1.82) is 5.26 Å². The Morgan fingerprint density at radius 3 is 2.22 bits per heavy atom. The average molecular weight is 298 g/mol. The van der Waals surface area contributed by atoms with Gasteiger partial charge in [0.25, 0.3) is 0 Å². The summed E-state index contributed by atoms with van der Waals surface area (Å²) in [5.74, 6) is 0. The molecule has 0 fully saturated rings. The Morgan fingerprint density at radius 2 is 1.78 bits per heavy atom. The fourth-order valence-electron chi connectivity index (χ4n) is 1.13. The van der Waals surface area contributed by atoms with Crippen molar-refractivity contribution in [1.82, 2.24) is 5.43 Å². The number of halogens is 5. The summed E-state index contributed by atoms with van der Waals surface area (Å²) < 4.78 is 37.3. The van der Waals surface area contributed by atoms with E-state index in [0.717, 1.165) is 12.1 Å². The predicted octanol–water partition coefficient (Wildman–Crippen LogP) is 3.84. The molecule has 0 spiro atoms. The number of hydrogen-bond acceptors (Lipinski definition) is 3. The zero-order chi connectivity index (χ0) is 13.8. The van der Waals surface area contributed by atoms with Crippen LogP contribution in [0, 0.1) is 11.3 Å². The molecule has 0 radical (unpaired) electrons. The van der Waals surface area contributed by atoms with Crippen LogP contribution in [-0.2, 0) is 6.18 Å². The van der Waals surface area contributed by atoms with Crippen LogP contribution in [0.5, 0.6) is 0 Å². The van der Waals surface area contributed by atoms with E-state index in [-0.39, 0.29) is 22.2 Å². The third-order valence-electron chi connectivity index (χ3n) is 1.94. The summed E-state index contributed by atoms with van der Waals surface area (Å²) in [5.41, 5.74) is 4.41. The smallest absolute Gasteiger partial charge is 0.319 e. The van der Waals surface area contributed by atoms with Gasteiger partial charge < -0.3 is 5.43 Å². The molecule has 0 unspecified atom stereocenters. The Balaban J connectivity index is 2.86. The van der Waals surface area contributed by atoms with Gasteiger partial charge in [0, 0.05) is 13.0 Å². The Labute approximate surface area is 111 Å². The van der Waals surface area contributed by atoms with Crippen molar-refractivity contribution in [2.45, 2.75) is 12.6 Å². The second-order valence-electron chi connectivity index (χ2n) is 3.27. The monoisotopic (exact) mass is 297 g/mol. The molecule has 1 aromatic rings. The van der Waals surface area contributed by atoms with Gasteiger partial charge in [0.1, 0.15) is 0 Å². The van der Waals surface area contributed by atoms with E-state index in [0.29, 0.717) is 6.54 Å². The molecular formula is C10H8Cl2F3N3. The van der Waals surface area contributed by atoms with E-state index in [1.807, 2.05) is 6.07 Å². The highest BCUT2D eigenvalue weighted by atomic mass is 35.5. The highest BCUT2D eigenvalue weighted by molar-refractivity contribution is 6.39. The minimum Gasteiger partial charge on any atom is -0.319 e. The van der Waals surface area contributed by atoms with Gasteiger partial charge in [-0.05, 0) is 12.1 Å². The van der Waals surface area contributed by atoms with E-state index in [9.17, 15) is 13.2 Å². The quantitative estimate of drug-likeness (QED) is 0.656. The van der Waals surface area contributed by atoms with E-state index >= 15 is 0 Å². The summed E-state index contributed by atoms with van der Waals surface area (Å²) in [6, 6.07) is 3.45. The van der Waals surface area contributed by atoms with Crippen LogP contribution < -0.4 is 10.9 Å². The van der Waals surface area contributed by atoms with Crippen LogP contribution in [0.25, 0.3) is 0 Å². The van der Waals surface area contributed by atoms with Gasteiger partial charge in [-0.3, -0.25) is 0 Å². The van der Waals surface area contributed by atoms with Crippen LogP contribution in [0.15, 0.2) is 12.1 Å². The van der Waals surface area contributed by atoms with Gasteiger partial charge in [-0.15, -0.1) is 0 Å². The van der Waals surface area contributed by atoms with Gasteiger partial charge in [-0.2, -0.15) is 18.4 Å². The highest BCUT2D eigenvalue weighted by Gasteiger charge is 2.31. The average Bonchev–Trinajstić information content (AvgIpc) is 2.25. The van der Waals surface area contributed by atoms with Crippen LogP contribution in [-0.4, -0.2) is 6.54 Å². The van der Waals surface area contributed by atoms with Gasteiger partial charge in [0.05, 0.1) is 27.4 Å². The first-order chi connectivity index (χ1) is 8.36. The van der Waals surface area contributed by atoms with Crippen molar-refractivity contribution in [2.75, 3.05) is 12.0 Å². The van der Waals surface area contributed by atoms with E-state index in [1.54, 1.807) is 0 Å². The summed E-state index contributed by atoms with van der Waals surface area (Å²) in [7, 11) is 0. The summed E-state index contributed by atoms with van der Waals surface area (Å²) in [6.45, 7) is 0.310.